The first-order valence-electron chi connectivity index (χ1n) is 10.3. The van der Waals surface area contributed by atoms with Gasteiger partial charge in [-0.1, -0.05) is 30.6 Å². The van der Waals surface area contributed by atoms with E-state index in [0.717, 1.165) is 56.5 Å². The Morgan fingerprint density at radius 1 is 1.45 bits per heavy atom. The molecule has 3 heterocycles. The lowest BCUT2D eigenvalue weighted by atomic mass is 10.2. The number of aromatic nitrogens is 3. The first kappa shape index (κ1) is 21.4. The summed E-state index contributed by atoms with van der Waals surface area (Å²) in [6, 6.07) is 4.03. The van der Waals surface area contributed by atoms with Crippen molar-refractivity contribution in [2.75, 3.05) is 31.1 Å². The summed E-state index contributed by atoms with van der Waals surface area (Å²) in [6.07, 6.45) is 4.38. The third kappa shape index (κ3) is 6.06. The molecule has 0 bridgehead atoms. The van der Waals surface area contributed by atoms with Crippen LogP contribution in [0.3, 0.4) is 0 Å². The van der Waals surface area contributed by atoms with Gasteiger partial charge in [-0.3, -0.25) is 4.99 Å². The van der Waals surface area contributed by atoms with E-state index in [-0.39, 0.29) is 5.92 Å². The molecule has 0 amide bonds. The van der Waals surface area contributed by atoms with Crippen LogP contribution < -0.4 is 15.5 Å². The van der Waals surface area contributed by atoms with E-state index in [0.29, 0.717) is 23.5 Å². The quantitative estimate of drug-likeness (QED) is 0.386. The number of halogens is 1. The lowest BCUT2D eigenvalue weighted by molar-refractivity contribution is 0.369. The Morgan fingerprint density at radius 2 is 2.31 bits per heavy atom. The highest BCUT2D eigenvalue weighted by Gasteiger charge is 2.25. The summed E-state index contributed by atoms with van der Waals surface area (Å²) >= 11 is 6.28. The van der Waals surface area contributed by atoms with Crippen molar-refractivity contribution in [2.24, 2.45) is 4.99 Å². The van der Waals surface area contributed by atoms with E-state index in [1.165, 1.54) is 0 Å². The minimum absolute atomic E-state index is 0.280. The van der Waals surface area contributed by atoms with Gasteiger partial charge in [0.25, 0.3) is 0 Å². The van der Waals surface area contributed by atoms with Crippen LogP contribution in [0.15, 0.2) is 27.8 Å². The second-order valence-electron chi connectivity index (χ2n) is 7.45. The molecule has 29 heavy (non-hydrogen) atoms. The van der Waals surface area contributed by atoms with Gasteiger partial charge in [0.2, 0.25) is 5.89 Å². The van der Waals surface area contributed by atoms with Gasteiger partial charge in [0, 0.05) is 50.8 Å². The number of pyridine rings is 1. The Morgan fingerprint density at radius 3 is 3.03 bits per heavy atom. The Kier molecular flexibility index (Phi) is 7.69. The number of aryl methyl sites for hydroxylation is 1. The van der Waals surface area contributed by atoms with E-state index in [9.17, 15) is 0 Å². The zero-order chi connectivity index (χ0) is 20.6. The van der Waals surface area contributed by atoms with Crippen LogP contribution in [-0.2, 0) is 6.42 Å². The molecule has 2 aromatic rings. The summed E-state index contributed by atoms with van der Waals surface area (Å²) in [4.78, 5) is 15.7. The summed E-state index contributed by atoms with van der Waals surface area (Å²) in [7, 11) is 0. The van der Waals surface area contributed by atoms with Crippen molar-refractivity contribution < 1.29 is 4.52 Å². The number of rotatable bonds is 8. The van der Waals surface area contributed by atoms with Crippen molar-refractivity contribution in [3.8, 4) is 0 Å². The largest absolute Gasteiger partial charge is 0.357 e. The van der Waals surface area contributed by atoms with Gasteiger partial charge in [0.05, 0.1) is 5.02 Å². The van der Waals surface area contributed by atoms with E-state index >= 15 is 0 Å². The van der Waals surface area contributed by atoms with Crippen molar-refractivity contribution in [1.82, 2.24) is 25.8 Å². The molecule has 1 fully saturated rings. The van der Waals surface area contributed by atoms with Crippen LogP contribution in [0, 0.1) is 0 Å². The van der Waals surface area contributed by atoms with E-state index in [2.05, 4.69) is 51.4 Å². The average Bonchev–Trinajstić information content (AvgIpc) is 3.35. The Balaban J connectivity index is 1.48. The molecule has 0 radical (unpaired) electrons. The molecule has 1 aliphatic heterocycles. The number of hydrogen-bond acceptors (Lipinski definition) is 6. The van der Waals surface area contributed by atoms with Gasteiger partial charge >= 0.3 is 0 Å². The van der Waals surface area contributed by atoms with Gasteiger partial charge in [0.15, 0.2) is 11.8 Å². The Bertz CT molecular complexity index is 808. The van der Waals surface area contributed by atoms with Crippen LogP contribution in [0.1, 0.15) is 51.2 Å². The Hall–Kier alpha value is -2.35. The van der Waals surface area contributed by atoms with Crippen LogP contribution in [0.5, 0.6) is 0 Å². The minimum atomic E-state index is 0.280. The fourth-order valence-electron chi connectivity index (χ4n) is 3.22. The highest BCUT2D eigenvalue weighted by Crippen LogP contribution is 2.25. The molecule has 0 aliphatic carbocycles. The van der Waals surface area contributed by atoms with Gasteiger partial charge in [-0.15, -0.1) is 0 Å². The molecule has 158 valence electrons. The van der Waals surface area contributed by atoms with Crippen LogP contribution in [-0.4, -0.2) is 53.3 Å². The second-order valence-corrected chi connectivity index (χ2v) is 7.86. The molecule has 0 spiro atoms. The van der Waals surface area contributed by atoms with Gasteiger partial charge in [-0.25, -0.2) is 4.98 Å². The third-order valence-corrected chi connectivity index (χ3v) is 5.03. The van der Waals surface area contributed by atoms with Gasteiger partial charge in [-0.2, -0.15) is 4.98 Å². The predicted octanol–water partition coefficient (Wildman–Crippen LogP) is 3.01. The van der Waals surface area contributed by atoms with E-state index in [4.69, 9.17) is 21.1 Å². The SMILES string of the molecule is CCNC(=NCCCc1nc(C(C)C)no1)NC1CCN(c2ncccc2Cl)C1. The highest BCUT2D eigenvalue weighted by atomic mass is 35.5. The highest BCUT2D eigenvalue weighted by molar-refractivity contribution is 6.32. The molecular weight excluding hydrogens is 390 g/mol. The van der Waals surface area contributed by atoms with Crippen molar-refractivity contribution in [1.29, 1.82) is 0 Å². The van der Waals surface area contributed by atoms with Crippen molar-refractivity contribution >= 4 is 23.4 Å². The topological polar surface area (TPSA) is 91.5 Å². The summed E-state index contributed by atoms with van der Waals surface area (Å²) < 4.78 is 5.29. The number of guanidine groups is 1. The summed E-state index contributed by atoms with van der Waals surface area (Å²) in [5.74, 6) is 3.40. The molecule has 1 unspecified atom stereocenters. The fourth-order valence-corrected chi connectivity index (χ4v) is 3.46. The van der Waals surface area contributed by atoms with Gasteiger partial charge in [-0.05, 0) is 31.9 Å². The number of nitrogens with one attached hydrogen (secondary N) is 2. The standard InChI is InChI=1S/C20H30ClN7O/c1-4-22-20(24-11-6-8-17-26-18(14(2)3)27-29-17)25-15-9-12-28(13-15)19-16(21)7-5-10-23-19/h5,7,10,14-15H,4,6,8-9,11-13H2,1-3H3,(H2,22,24,25). The van der Waals surface area contributed by atoms with Gasteiger partial charge in [0.1, 0.15) is 5.82 Å². The summed E-state index contributed by atoms with van der Waals surface area (Å²) in [5.41, 5.74) is 0. The van der Waals surface area contributed by atoms with Gasteiger partial charge < -0.3 is 20.1 Å². The zero-order valence-electron chi connectivity index (χ0n) is 17.4. The maximum absolute atomic E-state index is 6.28. The van der Waals surface area contributed by atoms with Crippen molar-refractivity contribution in [3.05, 3.63) is 35.1 Å². The molecule has 8 nitrogen and oxygen atoms in total. The minimum Gasteiger partial charge on any atom is -0.357 e. The van der Waals surface area contributed by atoms with E-state index < -0.39 is 0 Å². The summed E-state index contributed by atoms with van der Waals surface area (Å²) in [5, 5.41) is 11.5. The molecule has 9 heteroatoms. The van der Waals surface area contributed by atoms with E-state index in [1.54, 1.807) is 6.20 Å². The molecule has 3 rings (SSSR count). The van der Waals surface area contributed by atoms with Crippen LogP contribution in [0.4, 0.5) is 5.82 Å². The molecule has 0 aromatic carbocycles. The fraction of sp³-hybridized carbons (Fsp3) is 0.600. The number of nitrogens with zero attached hydrogens (tertiary/aromatic N) is 5. The lowest BCUT2D eigenvalue weighted by Gasteiger charge is -2.20. The maximum Gasteiger partial charge on any atom is 0.226 e. The first-order valence-corrected chi connectivity index (χ1v) is 10.7. The average molecular weight is 420 g/mol. The lowest BCUT2D eigenvalue weighted by Crippen LogP contribution is -2.44. The van der Waals surface area contributed by atoms with Crippen LogP contribution >= 0.6 is 11.6 Å². The number of hydrogen-bond donors (Lipinski definition) is 2. The molecule has 1 aliphatic rings. The van der Waals surface area contributed by atoms with Crippen LogP contribution in [0.25, 0.3) is 0 Å². The molecular formula is C20H30ClN7O. The molecule has 2 N–H and O–H groups in total. The predicted molar refractivity (Wildman–Crippen MR) is 116 cm³/mol. The normalized spacial score (nSPS) is 17.2. The number of aliphatic imine (C=N–C) groups is 1. The van der Waals surface area contributed by atoms with E-state index in [1.807, 2.05) is 12.1 Å². The smallest absolute Gasteiger partial charge is 0.226 e. The number of anilines is 1. The monoisotopic (exact) mass is 419 g/mol. The van der Waals surface area contributed by atoms with Crippen LogP contribution in [0.2, 0.25) is 5.02 Å². The van der Waals surface area contributed by atoms with Crippen molar-refractivity contribution in [2.45, 2.75) is 52.0 Å². The molecule has 1 atom stereocenters. The third-order valence-electron chi connectivity index (χ3n) is 4.73. The first-order chi connectivity index (χ1) is 14.1. The molecule has 0 saturated carbocycles. The van der Waals surface area contributed by atoms with Crippen molar-refractivity contribution in [3.63, 3.8) is 0 Å². The molecule has 1 saturated heterocycles. The Labute approximate surface area is 177 Å². The molecule has 2 aromatic heterocycles. The zero-order valence-corrected chi connectivity index (χ0v) is 18.1. The second kappa shape index (κ2) is 10.4. The maximum atomic E-state index is 6.28. The summed E-state index contributed by atoms with van der Waals surface area (Å²) in [6.45, 7) is 9.45.